The fourth-order valence-electron chi connectivity index (χ4n) is 2.61. The molecule has 9 nitrogen and oxygen atoms in total. The number of hydrogen-bond donors (Lipinski definition) is 1. The molecule has 0 fully saturated rings. The highest BCUT2D eigenvalue weighted by Crippen LogP contribution is 2.21. The SMILES string of the molecule is COc1cccc(-c2noc(CNC(=O)CN(C)S(=O)(=O)c3ccc(C)cc3)n2)c1. The van der Waals surface area contributed by atoms with Crippen LogP contribution < -0.4 is 10.1 Å². The van der Waals surface area contributed by atoms with Crippen molar-refractivity contribution in [3.8, 4) is 17.1 Å². The maximum absolute atomic E-state index is 12.6. The van der Waals surface area contributed by atoms with Gasteiger partial charge in [-0.05, 0) is 31.2 Å². The molecule has 1 amide bonds. The minimum Gasteiger partial charge on any atom is -0.497 e. The van der Waals surface area contributed by atoms with E-state index in [9.17, 15) is 13.2 Å². The number of aromatic nitrogens is 2. The lowest BCUT2D eigenvalue weighted by Gasteiger charge is -2.16. The minimum absolute atomic E-state index is 0.0196. The number of methoxy groups -OCH3 is 1. The molecule has 30 heavy (non-hydrogen) atoms. The third-order valence-corrected chi connectivity index (χ3v) is 6.15. The van der Waals surface area contributed by atoms with Crippen LogP contribution in [0.25, 0.3) is 11.4 Å². The fraction of sp³-hybridized carbons (Fsp3) is 0.250. The fourth-order valence-corrected chi connectivity index (χ4v) is 3.74. The van der Waals surface area contributed by atoms with Crippen molar-refractivity contribution in [3.05, 3.63) is 60.0 Å². The summed E-state index contributed by atoms with van der Waals surface area (Å²) in [5.41, 5.74) is 1.65. The Balaban J connectivity index is 1.58. The second-order valence-electron chi connectivity index (χ2n) is 6.59. The lowest BCUT2D eigenvalue weighted by Crippen LogP contribution is -2.38. The molecule has 0 spiro atoms. The summed E-state index contributed by atoms with van der Waals surface area (Å²) in [6.07, 6.45) is 0. The lowest BCUT2D eigenvalue weighted by molar-refractivity contribution is -0.121. The Bertz CT molecular complexity index is 1130. The van der Waals surface area contributed by atoms with Crippen LogP contribution in [0, 0.1) is 6.92 Å². The summed E-state index contributed by atoms with van der Waals surface area (Å²) in [5.74, 6) is 0.724. The zero-order chi connectivity index (χ0) is 21.7. The van der Waals surface area contributed by atoms with Crippen LogP contribution in [0.15, 0.2) is 57.9 Å². The third kappa shape index (κ3) is 5.02. The molecule has 1 N–H and O–H groups in total. The summed E-state index contributed by atoms with van der Waals surface area (Å²) < 4.78 is 36.4. The van der Waals surface area contributed by atoms with E-state index in [2.05, 4.69) is 15.5 Å². The van der Waals surface area contributed by atoms with E-state index in [0.29, 0.717) is 17.1 Å². The molecule has 0 saturated carbocycles. The number of amides is 1. The Kier molecular flexibility index (Phi) is 6.48. The van der Waals surface area contributed by atoms with E-state index in [1.165, 1.54) is 19.2 Å². The summed E-state index contributed by atoms with van der Waals surface area (Å²) >= 11 is 0. The zero-order valence-electron chi connectivity index (χ0n) is 16.8. The standard InChI is InChI=1S/C20H22N4O5S/c1-14-7-9-17(10-8-14)30(26,27)24(2)13-18(25)21-12-19-22-20(23-29-19)15-5-4-6-16(11-15)28-3/h4-11H,12-13H2,1-3H3,(H,21,25). The molecule has 1 heterocycles. The number of sulfonamides is 1. The number of ether oxygens (including phenoxy) is 1. The minimum atomic E-state index is -3.76. The molecule has 1 aromatic heterocycles. The Morgan fingerprint density at radius 2 is 1.93 bits per heavy atom. The zero-order valence-corrected chi connectivity index (χ0v) is 17.6. The van der Waals surface area contributed by atoms with Crippen LogP contribution in [0.5, 0.6) is 5.75 Å². The maximum Gasteiger partial charge on any atom is 0.246 e. The van der Waals surface area contributed by atoms with Gasteiger partial charge in [0.15, 0.2) is 0 Å². The normalized spacial score (nSPS) is 11.5. The molecular weight excluding hydrogens is 408 g/mol. The molecule has 0 radical (unpaired) electrons. The molecular formula is C20H22N4O5S. The van der Waals surface area contributed by atoms with Gasteiger partial charge < -0.3 is 14.6 Å². The number of nitrogens with one attached hydrogen (secondary N) is 1. The number of benzene rings is 2. The number of aryl methyl sites for hydroxylation is 1. The summed E-state index contributed by atoms with van der Waals surface area (Å²) in [5, 5.41) is 6.47. The van der Waals surface area contributed by atoms with E-state index in [-0.39, 0.29) is 23.9 Å². The van der Waals surface area contributed by atoms with Gasteiger partial charge in [-0.15, -0.1) is 0 Å². The van der Waals surface area contributed by atoms with Gasteiger partial charge in [-0.25, -0.2) is 8.42 Å². The van der Waals surface area contributed by atoms with Crippen LogP contribution in [0.2, 0.25) is 0 Å². The highest BCUT2D eigenvalue weighted by Gasteiger charge is 2.23. The van der Waals surface area contributed by atoms with Gasteiger partial charge in [-0.1, -0.05) is 35.0 Å². The molecule has 10 heteroatoms. The maximum atomic E-state index is 12.6. The number of hydrogen-bond acceptors (Lipinski definition) is 7. The quantitative estimate of drug-likeness (QED) is 0.581. The molecule has 158 valence electrons. The van der Waals surface area contributed by atoms with Crippen LogP contribution in [0.3, 0.4) is 0 Å². The van der Waals surface area contributed by atoms with E-state index >= 15 is 0 Å². The van der Waals surface area contributed by atoms with Crippen LogP contribution in [-0.2, 0) is 21.4 Å². The Morgan fingerprint density at radius 1 is 1.20 bits per heavy atom. The summed E-state index contributed by atoms with van der Waals surface area (Å²) in [7, 11) is -0.852. The van der Waals surface area contributed by atoms with Gasteiger partial charge in [0.2, 0.25) is 27.6 Å². The molecule has 3 aromatic rings. The second-order valence-corrected chi connectivity index (χ2v) is 8.64. The smallest absolute Gasteiger partial charge is 0.246 e. The second kappa shape index (κ2) is 9.06. The Morgan fingerprint density at radius 3 is 2.63 bits per heavy atom. The van der Waals surface area contributed by atoms with Gasteiger partial charge in [0.05, 0.1) is 25.1 Å². The van der Waals surface area contributed by atoms with E-state index in [1.807, 2.05) is 6.92 Å². The van der Waals surface area contributed by atoms with E-state index in [1.54, 1.807) is 43.5 Å². The molecule has 0 aliphatic carbocycles. The van der Waals surface area contributed by atoms with Crippen molar-refractivity contribution < 1.29 is 22.5 Å². The van der Waals surface area contributed by atoms with Crippen molar-refractivity contribution in [2.75, 3.05) is 20.7 Å². The average Bonchev–Trinajstić information content (AvgIpc) is 3.22. The molecule has 0 saturated heterocycles. The van der Waals surface area contributed by atoms with Crippen molar-refractivity contribution in [1.82, 2.24) is 19.8 Å². The number of likely N-dealkylation sites (N-methyl/N-ethyl adjacent to an activating group) is 1. The van der Waals surface area contributed by atoms with Gasteiger partial charge in [0.1, 0.15) is 5.75 Å². The predicted molar refractivity (Wildman–Crippen MR) is 109 cm³/mol. The number of carbonyl (C=O) groups is 1. The van der Waals surface area contributed by atoms with Gasteiger partial charge in [-0.3, -0.25) is 4.79 Å². The number of nitrogens with zero attached hydrogens (tertiary/aromatic N) is 3. The van der Waals surface area contributed by atoms with E-state index < -0.39 is 15.9 Å². The van der Waals surface area contributed by atoms with Crippen molar-refractivity contribution in [2.24, 2.45) is 0 Å². The average molecular weight is 430 g/mol. The molecule has 0 aliphatic rings. The van der Waals surface area contributed by atoms with Gasteiger partial charge in [0, 0.05) is 12.6 Å². The highest BCUT2D eigenvalue weighted by atomic mass is 32.2. The summed E-state index contributed by atoms with van der Waals surface area (Å²) in [4.78, 5) is 16.6. The Hall–Kier alpha value is -3.24. The molecule has 0 aliphatic heterocycles. The van der Waals surface area contributed by atoms with Crippen molar-refractivity contribution in [3.63, 3.8) is 0 Å². The molecule has 3 rings (SSSR count). The number of rotatable bonds is 8. The van der Waals surface area contributed by atoms with Crippen molar-refractivity contribution in [2.45, 2.75) is 18.4 Å². The molecule has 2 aromatic carbocycles. The first kappa shape index (κ1) is 21.5. The van der Waals surface area contributed by atoms with Crippen molar-refractivity contribution >= 4 is 15.9 Å². The van der Waals surface area contributed by atoms with E-state index in [0.717, 1.165) is 9.87 Å². The van der Waals surface area contributed by atoms with Crippen molar-refractivity contribution in [1.29, 1.82) is 0 Å². The molecule has 0 unspecified atom stereocenters. The van der Waals surface area contributed by atoms with Gasteiger partial charge in [0.25, 0.3) is 0 Å². The summed E-state index contributed by atoms with van der Waals surface area (Å²) in [6, 6.07) is 13.6. The Labute approximate surface area is 174 Å². The topological polar surface area (TPSA) is 115 Å². The monoisotopic (exact) mass is 430 g/mol. The lowest BCUT2D eigenvalue weighted by atomic mass is 10.2. The van der Waals surface area contributed by atoms with Crippen LogP contribution in [-0.4, -0.2) is 49.5 Å². The highest BCUT2D eigenvalue weighted by molar-refractivity contribution is 7.89. The van der Waals surface area contributed by atoms with Crippen LogP contribution in [0.1, 0.15) is 11.5 Å². The first-order chi connectivity index (χ1) is 14.3. The van der Waals surface area contributed by atoms with Crippen LogP contribution in [0.4, 0.5) is 0 Å². The number of carbonyl (C=O) groups excluding carboxylic acids is 1. The predicted octanol–water partition coefficient (Wildman–Crippen LogP) is 1.99. The van der Waals surface area contributed by atoms with Gasteiger partial charge in [-0.2, -0.15) is 9.29 Å². The van der Waals surface area contributed by atoms with Crippen LogP contribution >= 0.6 is 0 Å². The first-order valence-corrected chi connectivity index (χ1v) is 10.5. The molecule has 0 bridgehead atoms. The first-order valence-electron chi connectivity index (χ1n) is 9.06. The largest absolute Gasteiger partial charge is 0.497 e. The van der Waals surface area contributed by atoms with E-state index in [4.69, 9.17) is 9.26 Å². The van der Waals surface area contributed by atoms with Gasteiger partial charge >= 0.3 is 0 Å². The third-order valence-electron chi connectivity index (χ3n) is 4.33. The summed E-state index contributed by atoms with van der Waals surface area (Å²) in [6.45, 7) is 1.51. The molecule has 0 atom stereocenters.